The molecule has 4 heteroatoms. The van der Waals surface area contributed by atoms with Crippen molar-refractivity contribution < 1.29 is 0 Å². The summed E-state index contributed by atoms with van der Waals surface area (Å²) < 4.78 is 0. The van der Waals surface area contributed by atoms with Crippen LogP contribution in [0.4, 0.5) is 0 Å². The van der Waals surface area contributed by atoms with E-state index in [0.29, 0.717) is 9.90 Å². The smallest absolute Gasteiger partial charge is 0.103 e. The summed E-state index contributed by atoms with van der Waals surface area (Å²) in [5, 5.41) is 0. The molecule has 0 saturated heterocycles. The first-order chi connectivity index (χ1) is 8.77. The molecule has 96 valence electrons. The molecule has 2 nitrogen and oxygen atoms in total. The number of nitrogens with zero attached hydrogens (tertiary/aromatic N) is 2. The molecule has 2 atom stereocenters. The Bertz CT molecular complexity index is 372. The van der Waals surface area contributed by atoms with E-state index in [9.17, 15) is 0 Å². The van der Waals surface area contributed by atoms with Crippen molar-refractivity contribution in [3.05, 3.63) is 61.0 Å². The van der Waals surface area contributed by atoms with Crippen molar-refractivity contribution in [3.8, 4) is 0 Å². The fourth-order valence-corrected chi connectivity index (χ4v) is 2.69. The highest BCUT2D eigenvalue weighted by atomic mass is 79.9. The normalized spacial score (nSPS) is 26.6. The minimum atomic E-state index is 0.300. The first-order valence-electron chi connectivity index (χ1n) is 5.92. The summed E-state index contributed by atoms with van der Waals surface area (Å²) in [6, 6.07) is 0. The van der Waals surface area contributed by atoms with Gasteiger partial charge in [-0.15, -0.1) is 0 Å². The van der Waals surface area contributed by atoms with Crippen LogP contribution in [-0.2, 0) is 0 Å². The second kappa shape index (κ2) is 7.00. The molecule has 0 saturated carbocycles. The van der Waals surface area contributed by atoms with Crippen molar-refractivity contribution in [1.29, 1.82) is 0 Å². The first-order valence-corrected chi connectivity index (χ1v) is 7.75. The quantitative estimate of drug-likeness (QED) is 0.421. The van der Waals surface area contributed by atoms with Crippen molar-refractivity contribution in [2.75, 3.05) is 13.1 Å². The molecule has 2 aliphatic rings. The third-order valence-corrected chi connectivity index (χ3v) is 4.41. The highest BCUT2D eigenvalue weighted by Crippen LogP contribution is 2.15. The van der Waals surface area contributed by atoms with Crippen LogP contribution in [0.2, 0.25) is 0 Å². The van der Waals surface area contributed by atoms with Gasteiger partial charge in [0.05, 0.1) is 0 Å². The van der Waals surface area contributed by atoms with Crippen molar-refractivity contribution >= 4 is 31.9 Å². The van der Waals surface area contributed by atoms with Crippen LogP contribution in [0.1, 0.15) is 0 Å². The SMILES string of the molecule is BrC1C=CC=CN1CC=CCN1C=CC=CC1Br. The molecule has 0 bridgehead atoms. The molecule has 2 aliphatic heterocycles. The largest absolute Gasteiger partial charge is 0.358 e. The number of hydrogen-bond acceptors (Lipinski definition) is 2. The van der Waals surface area contributed by atoms with E-state index in [1.807, 2.05) is 0 Å². The van der Waals surface area contributed by atoms with E-state index in [4.69, 9.17) is 0 Å². The molecule has 0 aromatic carbocycles. The van der Waals surface area contributed by atoms with Crippen LogP contribution in [0, 0.1) is 0 Å². The Balaban J connectivity index is 1.75. The van der Waals surface area contributed by atoms with E-state index in [-0.39, 0.29) is 0 Å². The molecule has 0 radical (unpaired) electrons. The summed E-state index contributed by atoms with van der Waals surface area (Å²) in [7, 11) is 0. The van der Waals surface area contributed by atoms with E-state index >= 15 is 0 Å². The zero-order valence-corrected chi connectivity index (χ0v) is 13.2. The Morgan fingerprint density at radius 1 is 0.778 bits per heavy atom. The lowest BCUT2D eigenvalue weighted by Crippen LogP contribution is -2.27. The molecule has 0 aromatic rings. The first kappa shape index (κ1) is 13.7. The minimum Gasteiger partial charge on any atom is -0.358 e. The average Bonchev–Trinajstić information content (AvgIpc) is 2.38. The Labute approximate surface area is 125 Å². The summed E-state index contributed by atoms with van der Waals surface area (Å²) in [6.45, 7) is 1.83. The Morgan fingerprint density at radius 2 is 1.22 bits per heavy atom. The third kappa shape index (κ3) is 3.89. The standard InChI is InChI=1S/C14H16Br2N2/c15-13-7-1-3-9-17(13)11-5-6-12-18-10-4-2-8-14(18)16/h1-10,13-14H,11-12H2. The van der Waals surface area contributed by atoms with Gasteiger partial charge in [0, 0.05) is 25.5 Å². The fourth-order valence-electron chi connectivity index (χ4n) is 1.73. The van der Waals surface area contributed by atoms with Gasteiger partial charge in [0.15, 0.2) is 0 Å². The van der Waals surface area contributed by atoms with Crippen LogP contribution in [0.25, 0.3) is 0 Å². The van der Waals surface area contributed by atoms with Crippen molar-refractivity contribution in [2.24, 2.45) is 0 Å². The maximum absolute atomic E-state index is 3.61. The second-order valence-corrected chi connectivity index (χ2v) is 5.94. The van der Waals surface area contributed by atoms with E-state index in [1.165, 1.54) is 0 Å². The molecule has 0 aliphatic carbocycles. The molecule has 0 N–H and O–H groups in total. The summed E-state index contributed by atoms with van der Waals surface area (Å²) >= 11 is 7.22. The molecule has 2 heterocycles. The predicted molar refractivity (Wildman–Crippen MR) is 84.5 cm³/mol. The number of allylic oxidation sites excluding steroid dienone is 4. The molecule has 0 aromatic heterocycles. The van der Waals surface area contributed by atoms with Crippen LogP contribution in [0.15, 0.2) is 61.0 Å². The van der Waals surface area contributed by atoms with Crippen LogP contribution in [0.3, 0.4) is 0 Å². The van der Waals surface area contributed by atoms with Crippen molar-refractivity contribution in [2.45, 2.75) is 9.90 Å². The Morgan fingerprint density at radius 3 is 1.61 bits per heavy atom. The minimum absolute atomic E-state index is 0.300. The highest BCUT2D eigenvalue weighted by molar-refractivity contribution is 9.09. The Hall–Kier alpha value is -0.740. The van der Waals surface area contributed by atoms with Gasteiger partial charge >= 0.3 is 0 Å². The lowest BCUT2D eigenvalue weighted by atomic mass is 10.3. The number of hydrogen-bond donors (Lipinski definition) is 0. The monoisotopic (exact) mass is 370 g/mol. The topological polar surface area (TPSA) is 6.48 Å². The van der Waals surface area contributed by atoms with Crippen LogP contribution in [0.5, 0.6) is 0 Å². The number of halogens is 2. The van der Waals surface area contributed by atoms with Gasteiger partial charge in [-0.05, 0) is 12.2 Å². The van der Waals surface area contributed by atoms with E-state index in [1.54, 1.807) is 0 Å². The van der Waals surface area contributed by atoms with Gasteiger partial charge in [-0.1, -0.05) is 68.3 Å². The summed E-state index contributed by atoms with van der Waals surface area (Å²) in [6.07, 6.45) is 21.1. The lowest BCUT2D eigenvalue weighted by molar-refractivity contribution is 0.424. The van der Waals surface area contributed by atoms with Crippen molar-refractivity contribution in [3.63, 3.8) is 0 Å². The zero-order valence-electron chi connectivity index (χ0n) is 9.99. The van der Waals surface area contributed by atoms with Gasteiger partial charge in [0.25, 0.3) is 0 Å². The molecular weight excluding hydrogens is 356 g/mol. The molecule has 0 amide bonds. The van der Waals surface area contributed by atoms with Crippen molar-refractivity contribution in [1.82, 2.24) is 9.80 Å². The number of rotatable bonds is 4. The lowest BCUT2D eigenvalue weighted by Gasteiger charge is -2.26. The molecule has 0 fully saturated rings. The predicted octanol–water partition coefficient (Wildman–Crippen LogP) is 3.76. The Kier molecular flexibility index (Phi) is 5.32. The van der Waals surface area contributed by atoms with Gasteiger partial charge in [-0.2, -0.15) is 0 Å². The summed E-state index contributed by atoms with van der Waals surface area (Å²) in [5.41, 5.74) is 0. The average molecular weight is 372 g/mol. The molecule has 2 unspecified atom stereocenters. The highest BCUT2D eigenvalue weighted by Gasteiger charge is 2.09. The van der Waals surface area contributed by atoms with Crippen LogP contribution >= 0.6 is 31.9 Å². The van der Waals surface area contributed by atoms with E-state index < -0.39 is 0 Å². The third-order valence-electron chi connectivity index (χ3n) is 2.75. The summed E-state index contributed by atoms with van der Waals surface area (Å²) in [5.74, 6) is 0. The van der Waals surface area contributed by atoms with E-state index in [2.05, 4.69) is 103 Å². The van der Waals surface area contributed by atoms with Gasteiger partial charge in [0.1, 0.15) is 9.90 Å². The van der Waals surface area contributed by atoms with Crippen LogP contribution < -0.4 is 0 Å². The molecular formula is C14H16Br2N2. The zero-order chi connectivity index (χ0) is 12.8. The van der Waals surface area contributed by atoms with Gasteiger partial charge in [-0.3, -0.25) is 0 Å². The fraction of sp³-hybridized carbons (Fsp3) is 0.286. The van der Waals surface area contributed by atoms with E-state index in [0.717, 1.165) is 13.1 Å². The molecule has 2 rings (SSSR count). The maximum Gasteiger partial charge on any atom is 0.103 e. The molecule has 0 spiro atoms. The maximum atomic E-state index is 3.61. The van der Waals surface area contributed by atoms with Gasteiger partial charge < -0.3 is 9.80 Å². The molecule has 18 heavy (non-hydrogen) atoms. The number of alkyl halides is 2. The van der Waals surface area contributed by atoms with Gasteiger partial charge in [0.2, 0.25) is 0 Å². The second-order valence-electron chi connectivity index (χ2n) is 4.06. The summed E-state index contributed by atoms with van der Waals surface area (Å²) in [4.78, 5) is 5.06. The van der Waals surface area contributed by atoms with Gasteiger partial charge in [-0.25, -0.2) is 0 Å². The van der Waals surface area contributed by atoms with Crippen LogP contribution in [-0.4, -0.2) is 32.8 Å².